The molecule has 4 nitrogen and oxygen atoms in total. The molecule has 0 aliphatic rings. The van der Waals surface area contributed by atoms with Crippen molar-refractivity contribution in [1.82, 2.24) is 9.97 Å². The van der Waals surface area contributed by atoms with E-state index in [1.54, 1.807) is 13.0 Å². The summed E-state index contributed by atoms with van der Waals surface area (Å²) < 4.78 is 10.9. The molecule has 1 unspecified atom stereocenters. The molecule has 0 aliphatic carbocycles. The molecule has 0 amide bonds. The zero-order valence-corrected chi connectivity index (χ0v) is 11.3. The summed E-state index contributed by atoms with van der Waals surface area (Å²) in [5, 5.41) is 0. The van der Waals surface area contributed by atoms with Gasteiger partial charge in [0.2, 0.25) is 11.8 Å². The Bertz CT molecular complexity index is 410. The molecule has 0 fully saturated rings. The summed E-state index contributed by atoms with van der Waals surface area (Å²) in [6.45, 7) is 7.10. The lowest BCUT2D eigenvalue weighted by Gasteiger charge is -2.11. The van der Waals surface area contributed by atoms with Crippen molar-refractivity contribution in [2.24, 2.45) is 5.92 Å². The molecule has 0 N–H and O–H groups in total. The summed E-state index contributed by atoms with van der Waals surface area (Å²) >= 11 is 0. The first-order valence-electron chi connectivity index (χ1n) is 6.23. The summed E-state index contributed by atoms with van der Waals surface area (Å²) in [6.07, 6.45) is 3.76. The first kappa shape index (κ1) is 14.3. The van der Waals surface area contributed by atoms with Crippen LogP contribution in [-0.2, 0) is 0 Å². The van der Waals surface area contributed by atoms with Gasteiger partial charge in [-0.1, -0.05) is 26.2 Å². The van der Waals surface area contributed by atoms with Gasteiger partial charge in [0.05, 0.1) is 12.7 Å². The highest BCUT2D eigenvalue weighted by Crippen LogP contribution is 2.14. The highest BCUT2D eigenvalue weighted by Gasteiger charge is 2.04. The maximum atomic E-state index is 5.60. The zero-order valence-electron chi connectivity index (χ0n) is 11.3. The molecule has 0 spiro atoms. The Balaban J connectivity index is 2.45. The second-order valence-electron chi connectivity index (χ2n) is 4.11. The van der Waals surface area contributed by atoms with Gasteiger partial charge >= 0.3 is 0 Å². The minimum absolute atomic E-state index is 0.333. The van der Waals surface area contributed by atoms with Crippen LogP contribution in [0.25, 0.3) is 0 Å². The van der Waals surface area contributed by atoms with Crippen LogP contribution in [0.1, 0.15) is 33.6 Å². The molecule has 1 rings (SSSR count). The van der Waals surface area contributed by atoms with Gasteiger partial charge in [0.25, 0.3) is 0 Å². The van der Waals surface area contributed by atoms with Crippen molar-refractivity contribution in [2.45, 2.75) is 33.6 Å². The number of ether oxygens (including phenoxy) is 2. The Kier molecular flexibility index (Phi) is 6.63. The molecule has 0 bridgehead atoms. The number of aromatic nitrogens is 2. The average molecular weight is 248 g/mol. The van der Waals surface area contributed by atoms with Gasteiger partial charge in [-0.25, -0.2) is 9.97 Å². The maximum absolute atomic E-state index is 5.60. The number of hydrogen-bond donors (Lipinski definition) is 0. The van der Waals surface area contributed by atoms with Gasteiger partial charge in [-0.3, -0.25) is 0 Å². The first-order chi connectivity index (χ1) is 8.76. The van der Waals surface area contributed by atoms with Gasteiger partial charge in [0.1, 0.15) is 6.33 Å². The molecule has 1 aromatic heterocycles. The van der Waals surface area contributed by atoms with E-state index in [-0.39, 0.29) is 0 Å². The first-order valence-corrected chi connectivity index (χ1v) is 6.23. The molecule has 1 aromatic rings. The Morgan fingerprint density at radius 1 is 1.28 bits per heavy atom. The summed E-state index contributed by atoms with van der Waals surface area (Å²) in [5.74, 6) is 7.13. The normalized spacial score (nSPS) is 11.3. The van der Waals surface area contributed by atoms with Crippen LogP contribution in [-0.4, -0.2) is 23.2 Å². The average Bonchev–Trinajstić information content (AvgIpc) is 2.38. The number of nitrogens with zero attached hydrogens (tertiary/aromatic N) is 2. The van der Waals surface area contributed by atoms with E-state index in [1.807, 2.05) is 0 Å². The highest BCUT2D eigenvalue weighted by atomic mass is 16.5. The number of hydrogen-bond acceptors (Lipinski definition) is 4. The SMILES string of the molecule is CC#CCOc1cc(OCC(C)CCC)ncn1. The Morgan fingerprint density at radius 2 is 2.00 bits per heavy atom. The van der Waals surface area contributed by atoms with Crippen molar-refractivity contribution in [3.63, 3.8) is 0 Å². The molecular formula is C14H20N2O2. The van der Waals surface area contributed by atoms with E-state index in [0.29, 0.717) is 30.9 Å². The molecular weight excluding hydrogens is 228 g/mol. The van der Waals surface area contributed by atoms with Crippen LogP contribution in [0.5, 0.6) is 11.8 Å². The third kappa shape index (κ3) is 5.53. The fraction of sp³-hybridized carbons (Fsp3) is 0.571. The zero-order chi connectivity index (χ0) is 13.2. The summed E-state index contributed by atoms with van der Waals surface area (Å²) in [6, 6.07) is 1.69. The van der Waals surface area contributed by atoms with Gasteiger partial charge in [-0.15, -0.1) is 5.92 Å². The third-order valence-electron chi connectivity index (χ3n) is 2.38. The molecule has 1 atom stereocenters. The monoisotopic (exact) mass is 248 g/mol. The summed E-state index contributed by atoms with van der Waals surface area (Å²) in [4.78, 5) is 8.04. The van der Waals surface area contributed by atoms with Crippen molar-refractivity contribution in [1.29, 1.82) is 0 Å². The van der Waals surface area contributed by atoms with E-state index in [4.69, 9.17) is 9.47 Å². The molecule has 0 aliphatic heterocycles. The van der Waals surface area contributed by atoms with Crippen molar-refractivity contribution in [3.05, 3.63) is 12.4 Å². The fourth-order valence-electron chi connectivity index (χ4n) is 1.47. The predicted molar refractivity (Wildman–Crippen MR) is 70.5 cm³/mol. The molecule has 0 saturated heterocycles. The van der Waals surface area contributed by atoms with Gasteiger partial charge in [-0.2, -0.15) is 0 Å². The van der Waals surface area contributed by atoms with Crippen LogP contribution in [0.2, 0.25) is 0 Å². The van der Waals surface area contributed by atoms with Crippen LogP contribution in [0.3, 0.4) is 0 Å². The minimum Gasteiger partial charge on any atom is -0.477 e. The van der Waals surface area contributed by atoms with Crippen molar-refractivity contribution < 1.29 is 9.47 Å². The second-order valence-corrected chi connectivity index (χ2v) is 4.11. The van der Waals surface area contributed by atoms with Crippen LogP contribution >= 0.6 is 0 Å². The Labute approximate surface area is 109 Å². The minimum atomic E-state index is 0.333. The molecule has 0 saturated carbocycles. The van der Waals surface area contributed by atoms with E-state index in [1.165, 1.54) is 12.7 Å². The van der Waals surface area contributed by atoms with E-state index < -0.39 is 0 Å². The topological polar surface area (TPSA) is 44.2 Å². The van der Waals surface area contributed by atoms with Crippen molar-refractivity contribution in [3.8, 4) is 23.6 Å². The smallest absolute Gasteiger partial charge is 0.221 e. The Morgan fingerprint density at radius 3 is 2.67 bits per heavy atom. The van der Waals surface area contributed by atoms with Gasteiger partial charge in [0.15, 0.2) is 6.61 Å². The van der Waals surface area contributed by atoms with Crippen LogP contribution in [0, 0.1) is 17.8 Å². The largest absolute Gasteiger partial charge is 0.477 e. The third-order valence-corrected chi connectivity index (χ3v) is 2.38. The van der Waals surface area contributed by atoms with Crippen molar-refractivity contribution in [2.75, 3.05) is 13.2 Å². The lowest BCUT2D eigenvalue weighted by Crippen LogP contribution is -2.09. The molecule has 0 aromatic carbocycles. The quantitative estimate of drug-likeness (QED) is 0.696. The highest BCUT2D eigenvalue weighted by molar-refractivity contribution is 5.18. The lowest BCUT2D eigenvalue weighted by atomic mass is 10.1. The van der Waals surface area contributed by atoms with Crippen LogP contribution in [0.15, 0.2) is 12.4 Å². The van der Waals surface area contributed by atoms with E-state index in [0.717, 1.165) is 6.42 Å². The van der Waals surface area contributed by atoms with Gasteiger partial charge < -0.3 is 9.47 Å². The van der Waals surface area contributed by atoms with Gasteiger partial charge in [-0.05, 0) is 19.3 Å². The molecule has 4 heteroatoms. The van der Waals surface area contributed by atoms with Gasteiger partial charge in [0, 0.05) is 0 Å². The van der Waals surface area contributed by atoms with Crippen LogP contribution in [0.4, 0.5) is 0 Å². The predicted octanol–water partition coefficient (Wildman–Crippen LogP) is 2.69. The molecule has 98 valence electrons. The van der Waals surface area contributed by atoms with Crippen molar-refractivity contribution >= 4 is 0 Å². The molecule has 18 heavy (non-hydrogen) atoms. The standard InChI is InChI=1S/C14H20N2O2/c1-4-6-8-17-13-9-14(16-11-15-13)18-10-12(3)7-5-2/h9,11-12H,5,7-8,10H2,1-3H3. The number of rotatable bonds is 7. The molecule has 1 heterocycles. The van der Waals surface area contributed by atoms with E-state index in [9.17, 15) is 0 Å². The van der Waals surface area contributed by atoms with E-state index >= 15 is 0 Å². The van der Waals surface area contributed by atoms with E-state index in [2.05, 4.69) is 35.7 Å². The molecule has 0 radical (unpaired) electrons. The fourth-order valence-corrected chi connectivity index (χ4v) is 1.47. The summed E-state index contributed by atoms with van der Waals surface area (Å²) in [7, 11) is 0. The Hall–Kier alpha value is -1.76. The second kappa shape index (κ2) is 8.35. The summed E-state index contributed by atoms with van der Waals surface area (Å²) in [5.41, 5.74) is 0. The van der Waals surface area contributed by atoms with Crippen LogP contribution < -0.4 is 9.47 Å². The lowest BCUT2D eigenvalue weighted by molar-refractivity contribution is 0.240. The maximum Gasteiger partial charge on any atom is 0.221 e.